The van der Waals surface area contributed by atoms with Crippen LogP contribution < -0.4 is 10.9 Å². The number of halogens is 2. The highest BCUT2D eigenvalue weighted by Crippen LogP contribution is 2.00. The van der Waals surface area contributed by atoms with Gasteiger partial charge < -0.3 is 20.1 Å². The lowest BCUT2D eigenvalue weighted by atomic mass is 9.74. The van der Waals surface area contributed by atoms with E-state index in [9.17, 15) is 8.78 Å². The Labute approximate surface area is 78.7 Å². The Morgan fingerprint density at radius 2 is 1.07 bits per heavy atom. The molecule has 0 aliphatic rings. The molecule has 74 valence electrons. The lowest BCUT2D eigenvalue weighted by Crippen LogP contribution is -2.40. The zero-order valence-corrected chi connectivity index (χ0v) is 6.85. The van der Waals surface area contributed by atoms with Gasteiger partial charge in [-0.05, 0) is 0 Å². The summed E-state index contributed by atoms with van der Waals surface area (Å²) in [4.78, 5) is 0. The summed E-state index contributed by atoms with van der Waals surface area (Å²) in [6.45, 7) is 0. The van der Waals surface area contributed by atoms with E-state index in [0.29, 0.717) is 0 Å². The molecule has 0 amide bonds. The van der Waals surface area contributed by atoms with Crippen LogP contribution in [0.25, 0.3) is 0 Å². The molecule has 4 N–H and O–H groups in total. The van der Waals surface area contributed by atoms with Gasteiger partial charge in [-0.1, -0.05) is 12.1 Å². The minimum atomic E-state index is -2.14. The van der Waals surface area contributed by atoms with E-state index in [2.05, 4.69) is 0 Å². The third-order valence-corrected chi connectivity index (χ3v) is 1.70. The third-order valence-electron chi connectivity index (χ3n) is 1.70. The van der Waals surface area contributed by atoms with Crippen molar-refractivity contribution < 1.29 is 28.9 Å². The van der Waals surface area contributed by atoms with Crippen LogP contribution in [0.2, 0.25) is 0 Å². The molecule has 1 aromatic rings. The standard InChI is InChI=1S/C6H6B2F2O4/c9-5-3(7(11)12)1-2-4(6(5)10)8(13)14/h1-2,11-14H. The van der Waals surface area contributed by atoms with E-state index in [4.69, 9.17) is 20.1 Å². The van der Waals surface area contributed by atoms with Crippen LogP contribution in [0.3, 0.4) is 0 Å². The van der Waals surface area contributed by atoms with E-state index >= 15 is 0 Å². The first kappa shape index (κ1) is 11.1. The monoisotopic (exact) mass is 202 g/mol. The Balaban J connectivity index is 3.26. The van der Waals surface area contributed by atoms with Crippen LogP contribution in [-0.4, -0.2) is 34.3 Å². The lowest BCUT2D eigenvalue weighted by Gasteiger charge is -2.06. The summed E-state index contributed by atoms with van der Waals surface area (Å²) in [5.74, 6) is -3.02. The second-order valence-electron chi connectivity index (χ2n) is 2.62. The van der Waals surface area contributed by atoms with Crippen molar-refractivity contribution in [1.82, 2.24) is 0 Å². The molecule has 0 heterocycles. The molecule has 0 saturated carbocycles. The van der Waals surface area contributed by atoms with Crippen LogP contribution in [0.5, 0.6) is 0 Å². The first-order chi connectivity index (χ1) is 6.45. The van der Waals surface area contributed by atoms with Crippen molar-refractivity contribution in [2.75, 3.05) is 0 Å². The Bertz CT molecular complexity index is 312. The maximum Gasteiger partial charge on any atom is 0.491 e. The third kappa shape index (κ3) is 1.93. The van der Waals surface area contributed by atoms with Crippen molar-refractivity contribution in [2.24, 2.45) is 0 Å². The molecule has 0 spiro atoms. The van der Waals surface area contributed by atoms with E-state index in [1.807, 2.05) is 0 Å². The molecule has 0 radical (unpaired) electrons. The average Bonchev–Trinajstić information content (AvgIpc) is 2.08. The van der Waals surface area contributed by atoms with E-state index < -0.39 is 36.8 Å². The lowest BCUT2D eigenvalue weighted by molar-refractivity contribution is 0.414. The summed E-state index contributed by atoms with van der Waals surface area (Å²) in [5, 5.41) is 34.3. The smallest absolute Gasteiger partial charge is 0.423 e. The van der Waals surface area contributed by atoms with Crippen LogP contribution >= 0.6 is 0 Å². The normalized spacial score (nSPS) is 10.1. The van der Waals surface area contributed by atoms with Gasteiger partial charge in [-0.25, -0.2) is 8.78 Å². The van der Waals surface area contributed by atoms with Gasteiger partial charge in [0.1, 0.15) is 0 Å². The molecule has 1 rings (SSSR count). The van der Waals surface area contributed by atoms with Crippen LogP contribution in [0.15, 0.2) is 12.1 Å². The molecule has 0 bridgehead atoms. The summed E-state index contributed by atoms with van der Waals surface area (Å²) >= 11 is 0. The fourth-order valence-corrected chi connectivity index (χ4v) is 0.978. The molecular formula is C6H6B2F2O4. The molecule has 0 aromatic heterocycles. The highest BCUT2D eigenvalue weighted by Gasteiger charge is 2.25. The predicted octanol–water partition coefficient (Wildman–Crippen LogP) is -2.68. The number of rotatable bonds is 2. The highest BCUT2D eigenvalue weighted by molar-refractivity contribution is 6.60. The largest absolute Gasteiger partial charge is 0.491 e. The zero-order valence-electron chi connectivity index (χ0n) is 6.85. The molecule has 0 aliphatic heterocycles. The Morgan fingerprint density at radius 1 is 0.786 bits per heavy atom. The van der Waals surface area contributed by atoms with Gasteiger partial charge in [0.05, 0.1) is 0 Å². The number of hydrogen-bond acceptors (Lipinski definition) is 4. The second kappa shape index (κ2) is 4.05. The number of hydrogen-bond donors (Lipinski definition) is 4. The van der Waals surface area contributed by atoms with Crippen LogP contribution in [-0.2, 0) is 0 Å². The van der Waals surface area contributed by atoms with Gasteiger partial charge in [-0.2, -0.15) is 0 Å². The molecule has 1 aromatic carbocycles. The number of benzene rings is 1. The summed E-state index contributed by atoms with van der Waals surface area (Å²) in [6.07, 6.45) is 0. The Hall–Kier alpha value is -0.950. The summed E-state index contributed by atoms with van der Waals surface area (Å²) in [5.41, 5.74) is -1.32. The molecule has 8 heteroatoms. The second-order valence-corrected chi connectivity index (χ2v) is 2.62. The van der Waals surface area contributed by atoms with Crippen molar-refractivity contribution in [3.8, 4) is 0 Å². The predicted molar refractivity (Wildman–Crippen MR) is 46.0 cm³/mol. The van der Waals surface area contributed by atoms with E-state index in [-0.39, 0.29) is 0 Å². The zero-order chi connectivity index (χ0) is 10.9. The van der Waals surface area contributed by atoms with Gasteiger partial charge >= 0.3 is 14.2 Å². The molecule has 0 fully saturated rings. The van der Waals surface area contributed by atoms with Gasteiger partial charge in [-0.3, -0.25) is 0 Å². The van der Waals surface area contributed by atoms with Crippen molar-refractivity contribution >= 4 is 25.2 Å². The average molecular weight is 202 g/mol. The van der Waals surface area contributed by atoms with Crippen molar-refractivity contribution in [2.45, 2.75) is 0 Å². The molecule has 0 saturated heterocycles. The maximum atomic E-state index is 13.0. The SMILES string of the molecule is OB(O)c1ccc(B(O)O)c(F)c1F. The molecular weight excluding hydrogens is 196 g/mol. The molecule has 0 atom stereocenters. The Morgan fingerprint density at radius 3 is 1.29 bits per heavy atom. The maximum absolute atomic E-state index is 13.0. The van der Waals surface area contributed by atoms with Crippen LogP contribution in [0, 0.1) is 11.6 Å². The van der Waals surface area contributed by atoms with Crippen molar-refractivity contribution in [3.63, 3.8) is 0 Å². The first-order valence-electron chi connectivity index (χ1n) is 3.65. The van der Waals surface area contributed by atoms with Crippen molar-refractivity contribution in [1.29, 1.82) is 0 Å². The fraction of sp³-hybridized carbons (Fsp3) is 0. The molecule has 14 heavy (non-hydrogen) atoms. The van der Waals surface area contributed by atoms with Gasteiger partial charge in [0, 0.05) is 10.9 Å². The highest BCUT2D eigenvalue weighted by atomic mass is 19.2. The van der Waals surface area contributed by atoms with E-state index in [1.165, 1.54) is 0 Å². The van der Waals surface area contributed by atoms with E-state index in [0.717, 1.165) is 12.1 Å². The molecule has 0 unspecified atom stereocenters. The van der Waals surface area contributed by atoms with Gasteiger partial charge in [-0.15, -0.1) is 0 Å². The minimum Gasteiger partial charge on any atom is -0.423 e. The summed E-state index contributed by atoms with van der Waals surface area (Å²) in [7, 11) is -4.29. The van der Waals surface area contributed by atoms with Crippen LogP contribution in [0.4, 0.5) is 8.78 Å². The fourth-order valence-electron chi connectivity index (χ4n) is 0.978. The Kier molecular flexibility index (Phi) is 3.22. The van der Waals surface area contributed by atoms with Gasteiger partial charge in [0.15, 0.2) is 11.6 Å². The van der Waals surface area contributed by atoms with Crippen LogP contribution in [0.1, 0.15) is 0 Å². The van der Waals surface area contributed by atoms with E-state index in [1.54, 1.807) is 0 Å². The molecule has 0 aliphatic carbocycles. The summed E-state index contributed by atoms with van der Waals surface area (Å²) in [6, 6.07) is 1.72. The topological polar surface area (TPSA) is 80.9 Å². The summed E-state index contributed by atoms with van der Waals surface area (Å²) < 4.78 is 25.9. The molecule has 4 nitrogen and oxygen atoms in total. The first-order valence-corrected chi connectivity index (χ1v) is 3.65. The minimum absolute atomic E-state index is 0.660. The van der Waals surface area contributed by atoms with Gasteiger partial charge in [0.2, 0.25) is 0 Å². The van der Waals surface area contributed by atoms with Crippen molar-refractivity contribution in [3.05, 3.63) is 23.8 Å². The quantitative estimate of drug-likeness (QED) is 0.394. The van der Waals surface area contributed by atoms with Gasteiger partial charge in [0.25, 0.3) is 0 Å².